The number of anilines is 1. The maximum atomic E-state index is 15.0. The number of aromatic hydroxyl groups is 1. The summed E-state index contributed by atoms with van der Waals surface area (Å²) in [6, 6.07) is 19.5. The molecule has 4 amide bonds. The quantitative estimate of drug-likeness (QED) is 0.210. The molecule has 2 aliphatic carbocycles. The largest absolute Gasteiger partial charge is 0.503 e. The maximum Gasteiger partial charge on any atom is 0.260 e. The number of carbonyl (C=O) groups excluding carboxylic acids is 4. The molecule has 3 N–H and O–H groups in total. The van der Waals surface area contributed by atoms with Gasteiger partial charge in [-0.05, 0) is 61.1 Å². The number of nitrogens with one attached hydrogen (secondary N) is 1. The Hall–Kier alpha value is -4.67. The molecule has 7 rings (SSSR count). The van der Waals surface area contributed by atoms with Crippen LogP contribution in [0.5, 0.6) is 11.5 Å². The average molecular weight is 628 g/mol. The highest BCUT2D eigenvalue weighted by atomic mass is 35.5. The van der Waals surface area contributed by atoms with Crippen LogP contribution in [0.25, 0.3) is 0 Å². The van der Waals surface area contributed by atoms with Gasteiger partial charge >= 0.3 is 0 Å². The van der Waals surface area contributed by atoms with Crippen molar-refractivity contribution < 1.29 is 34.2 Å². The minimum Gasteiger partial charge on any atom is -0.503 e. The summed E-state index contributed by atoms with van der Waals surface area (Å²) in [5, 5.41) is 22.2. The molecular weight excluding hydrogens is 598 g/mol. The number of allylic oxidation sites excluding steroid dienone is 2. The first kappa shape index (κ1) is 29.1. The Morgan fingerprint density at radius 3 is 2.36 bits per heavy atom. The number of phenolic OH excluding ortho intramolecular Hbond substituents is 1. The molecule has 6 unspecified atom stereocenters. The first-order valence-corrected chi connectivity index (χ1v) is 15.1. The number of carbonyl (C=O) groups is 4. The zero-order valence-electron chi connectivity index (χ0n) is 24.4. The summed E-state index contributed by atoms with van der Waals surface area (Å²) in [6.07, 6.45) is 2.12. The topological polar surface area (TPSA) is 136 Å². The Morgan fingerprint density at radius 1 is 0.956 bits per heavy atom. The van der Waals surface area contributed by atoms with E-state index in [0.717, 1.165) is 10.6 Å². The van der Waals surface area contributed by atoms with Crippen molar-refractivity contribution >= 4 is 40.9 Å². The number of rotatable bonds is 5. The van der Waals surface area contributed by atoms with Crippen LogP contribution in [0.3, 0.4) is 0 Å². The predicted molar refractivity (Wildman–Crippen MR) is 162 cm³/mol. The van der Waals surface area contributed by atoms with E-state index in [-0.39, 0.29) is 34.4 Å². The molecule has 0 radical (unpaired) electrons. The minimum absolute atomic E-state index is 0.0133. The standard InChI is InChI=1S/C34H30ClN3O7/c1-17-8-10-20(11-9-17)36-37-31(41)24-16-23-21(12-13-22-27(23)32(42)38(44)30(22)40)28(18-14-25(35)29(39)26(15-18)45-2)34(24,33(37)43)19-6-4-3-5-7-19/h3-12,14-15,22-24,27-28,36,39,44H,13,16H2,1-2H3. The normalized spacial score (nSPS) is 28.9. The van der Waals surface area contributed by atoms with Crippen LogP contribution in [-0.2, 0) is 24.6 Å². The lowest BCUT2D eigenvalue weighted by Gasteiger charge is -2.50. The molecule has 2 aliphatic heterocycles. The van der Waals surface area contributed by atoms with Crippen LogP contribution < -0.4 is 10.2 Å². The monoisotopic (exact) mass is 627 g/mol. The number of phenols is 1. The second-order valence-electron chi connectivity index (χ2n) is 12.1. The summed E-state index contributed by atoms with van der Waals surface area (Å²) in [4.78, 5) is 55.8. The van der Waals surface area contributed by atoms with Gasteiger partial charge in [-0.2, -0.15) is 10.1 Å². The molecule has 6 atom stereocenters. The lowest BCUT2D eigenvalue weighted by Crippen LogP contribution is -2.53. The van der Waals surface area contributed by atoms with Crippen molar-refractivity contribution in [1.29, 1.82) is 0 Å². The first-order valence-electron chi connectivity index (χ1n) is 14.7. The van der Waals surface area contributed by atoms with Gasteiger partial charge in [0, 0.05) is 5.92 Å². The molecular formula is C34H30ClN3O7. The number of ether oxygens (including phenoxy) is 1. The Bertz CT molecular complexity index is 1790. The predicted octanol–water partition coefficient (Wildman–Crippen LogP) is 4.74. The fourth-order valence-electron chi connectivity index (χ4n) is 8.02. The lowest BCUT2D eigenvalue weighted by molar-refractivity contribution is -0.173. The Morgan fingerprint density at radius 2 is 1.67 bits per heavy atom. The third-order valence-corrected chi connectivity index (χ3v) is 10.3. The number of hydroxylamine groups is 2. The van der Waals surface area contributed by atoms with Crippen LogP contribution >= 0.6 is 11.6 Å². The third kappa shape index (κ3) is 4.05. The van der Waals surface area contributed by atoms with Gasteiger partial charge < -0.3 is 9.84 Å². The summed E-state index contributed by atoms with van der Waals surface area (Å²) in [6.45, 7) is 1.93. The average Bonchev–Trinajstić information content (AvgIpc) is 3.40. The minimum atomic E-state index is -1.50. The number of methoxy groups -OCH3 is 1. The van der Waals surface area contributed by atoms with Crippen LogP contribution in [0, 0.1) is 30.6 Å². The molecule has 2 heterocycles. The number of amides is 4. The SMILES string of the molecule is COc1cc(C2C3=CCC4C(=O)N(O)C(=O)C4C3CC3C(=O)N(Nc4ccc(C)cc4)C(=O)C32c2ccccc2)cc(Cl)c1O. The van der Waals surface area contributed by atoms with E-state index in [1.807, 2.05) is 43.3 Å². The van der Waals surface area contributed by atoms with Crippen LogP contribution in [0.4, 0.5) is 5.69 Å². The van der Waals surface area contributed by atoms with E-state index >= 15 is 4.79 Å². The number of hydrogen-bond donors (Lipinski definition) is 3. The summed E-state index contributed by atoms with van der Waals surface area (Å²) < 4.78 is 5.45. The van der Waals surface area contributed by atoms with Gasteiger partial charge in [-0.3, -0.25) is 29.8 Å². The highest BCUT2D eigenvalue weighted by molar-refractivity contribution is 6.32. The number of imide groups is 2. The van der Waals surface area contributed by atoms with Crippen molar-refractivity contribution in [2.75, 3.05) is 12.5 Å². The highest BCUT2D eigenvalue weighted by Gasteiger charge is 2.70. The maximum absolute atomic E-state index is 15.0. The van der Waals surface area contributed by atoms with Crippen molar-refractivity contribution in [1.82, 2.24) is 10.1 Å². The van der Waals surface area contributed by atoms with Crippen LogP contribution in [0.1, 0.15) is 35.4 Å². The molecule has 3 aromatic carbocycles. The number of halogens is 1. The fourth-order valence-corrected chi connectivity index (χ4v) is 8.24. The number of benzene rings is 3. The van der Waals surface area contributed by atoms with E-state index in [2.05, 4.69) is 5.43 Å². The van der Waals surface area contributed by atoms with Crippen molar-refractivity contribution in [3.63, 3.8) is 0 Å². The van der Waals surface area contributed by atoms with Gasteiger partial charge in [-0.1, -0.05) is 71.3 Å². The van der Waals surface area contributed by atoms with E-state index in [1.165, 1.54) is 7.11 Å². The van der Waals surface area contributed by atoms with Gasteiger partial charge in [-0.15, -0.1) is 0 Å². The van der Waals surface area contributed by atoms with Gasteiger partial charge in [0.1, 0.15) is 0 Å². The number of hydrazine groups is 1. The molecule has 4 aliphatic rings. The number of nitrogens with zero attached hydrogens (tertiary/aromatic N) is 2. The number of hydrogen-bond acceptors (Lipinski definition) is 8. The summed E-state index contributed by atoms with van der Waals surface area (Å²) in [5.74, 6) is -6.72. The van der Waals surface area contributed by atoms with Crippen molar-refractivity contribution in [3.8, 4) is 11.5 Å². The number of aryl methyl sites for hydroxylation is 1. The smallest absolute Gasteiger partial charge is 0.260 e. The van der Waals surface area contributed by atoms with Crippen molar-refractivity contribution in [2.45, 2.75) is 31.1 Å². The second-order valence-corrected chi connectivity index (χ2v) is 12.5. The molecule has 3 fully saturated rings. The lowest BCUT2D eigenvalue weighted by atomic mass is 9.49. The summed E-state index contributed by atoms with van der Waals surface area (Å²) in [7, 11) is 1.38. The Balaban J connectivity index is 1.49. The molecule has 0 bridgehead atoms. The highest BCUT2D eigenvalue weighted by Crippen LogP contribution is 2.64. The molecule has 0 aromatic heterocycles. The number of fused-ring (bicyclic) bond motifs is 4. The van der Waals surface area contributed by atoms with Crippen LogP contribution in [0.15, 0.2) is 78.4 Å². The zero-order chi connectivity index (χ0) is 31.8. The summed E-state index contributed by atoms with van der Waals surface area (Å²) >= 11 is 6.53. The van der Waals surface area contributed by atoms with Crippen LogP contribution in [0.2, 0.25) is 5.02 Å². The third-order valence-electron chi connectivity index (χ3n) is 9.97. The van der Waals surface area contributed by atoms with E-state index in [4.69, 9.17) is 16.3 Å². The van der Waals surface area contributed by atoms with Crippen molar-refractivity contribution in [3.05, 3.63) is 100 Å². The fraction of sp³-hybridized carbons (Fsp3) is 0.294. The van der Waals surface area contributed by atoms with Crippen LogP contribution in [-0.4, -0.2) is 51.1 Å². The van der Waals surface area contributed by atoms with Gasteiger partial charge in [-0.25, -0.2) is 0 Å². The molecule has 2 saturated heterocycles. The zero-order valence-corrected chi connectivity index (χ0v) is 25.2. The van der Waals surface area contributed by atoms with Gasteiger partial charge in [0.25, 0.3) is 23.6 Å². The van der Waals surface area contributed by atoms with E-state index < -0.39 is 58.6 Å². The van der Waals surface area contributed by atoms with Gasteiger partial charge in [0.05, 0.1) is 41.0 Å². The Kier molecular flexibility index (Phi) is 6.75. The van der Waals surface area contributed by atoms with Gasteiger partial charge in [0.2, 0.25) is 0 Å². The molecule has 230 valence electrons. The first-order chi connectivity index (χ1) is 21.6. The van der Waals surface area contributed by atoms with E-state index in [9.17, 15) is 24.7 Å². The second kappa shape index (κ2) is 10.5. The Labute approximate surface area is 263 Å². The molecule has 3 aromatic rings. The molecule has 1 saturated carbocycles. The summed E-state index contributed by atoms with van der Waals surface area (Å²) in [5.41, 5.74) is 4.86. The van der Waals surface area contributed by atoms with E-state index in [0.29, 0.717) is 22.4 Å². The van der Waals surface area contributed by atoms with E-state index in [1.54, 1.807) is 36.4 Å². The van der Waals surface area contributed by atoms with Gasteiger partial charge in [0.15, 0.2) is 11.5 Å². The molecule has 45 heavy (non-hydrogen) atoms. The molecule has 11 heteroatoms. The molecule has 10 nitrogen and oxygen atoms in total. The molecule has 0 spiro atoms. The van der Waals surface area contributed by atoms with Crippen molar-refractivity contribution in [2.24, 2.45) is 23.7 Å².